The van der Waals surface area contributed by atoms with Crippen LogP contribution in [0, 0.1) is 19.8 Å². The fraction of sp³-hybridized carbons (Fsp3) is 0.647. The first-order chi connectivity index (χ1) is 9.69. The second kappa shape index (κ2) is 7.65. The Bertz CT molecular complexity index is 411. The molecule has 3 heteroatoms. The van der Waals surface area contributed by atoms with E-state index < -0.39 is 0 Å². The van der Waals surface area contributed by atoms with Gasteiger partial charge in [-0.15, -0.1) is 0 Å². The molecule has 0 radical (unpaired) electrons. The summed E-state index contributed by atoms with van der Waals surface area (Å²) in [6.45, 7) is 9.45. The lowest BCUT2D eigenvalue weighted by Gasteiger charge is -2.31. The first-order valence-electron chi connectivity index (χ1n) is 7.81. The maximum atomic E-state index is 5.83. The molecule has 0 spiro atoms. The SMILES string of the molecule is Cc1ccc(OCCCN2CCC(CN)CC2)cc1C. The Morgan fingerprint density at radius 3 is 2.60 bits per heavy atom. The molecule has 0 unspecified atom stereocenters. The topological polar surface area (TPSA) is 38.5 Å². The number of nitrogens with two attached hydrogens (primary N) is 1. The average Bonchev–Trinajstić information content (AvgIpc) is 2.48. The summed E-state index contributed by atoms with van der Waals surface area (Å²) in [4.78, 5) is 2.54. The predicted octanol–water partition coefficient (Wildman–Crippen LogP) is 2.74. The largest absolute Gasteiger partial charge is 0.494 e. The van der Waals surface area contributed by atoms with Crippen molar-refractivity contribution < 1.29 is 4.74 Å². The second-order valence-corrected chi connectivity index (χ2v) is 5.97. The van der Waals surface area contributed by atoms with Gasteiger partial charge in [-0.25, -0.2) is 0 Å². The maximum Gasteiger partial charge on any atom is 0.119 e. The summed E-state index contributed by atoms with van der Waals surface area (Å²) in [6.07, 6.45) is 3.61. The van der Waals surface area contributed by atoms with E-state index in [1.165, 1.54) is 37.1 Å². The molecular weight excluding hydrogens is 248 g/mol. The molecule has 20 heavy (non-hydrogen) atoms. The third-order valence-electron chi connectivity index (χ3n) is 4.41. The molecule has 112 valence electrons. The number of nitrogens with zero attached hydrogens (tertiary/aromatic N) is 1. The van der Waals surface area contributed by atoms with Crippen LogP contribution in [0.3, 0.4) is 0 Å². The Kier molecular flexibility index (Phi) is 5.86. The summed E-state index contributed by atoms with van der Waals surface area (Å²) in [7, 11) is 0. The van der Waals surface area contributed by atoms with Crippen LogP contribution >= 0.6 is 0 Å². The monoisotopic (exact) mass is 276 g/mol. The van der Waals surface area contributed by atoms with Gasteiger partial charge in [0.1, 0.15) is 5.75 Å². The highest BCUT2D eigenvalue weighted by molar-refractivity contribution is 5.33. The minimum atomic E-state index is 0.748. The van der Waals surface area contributed by atoms with E-state index in [9.17, 15) is 0 Å². The van der Waals surface area contributed by atoms with Crippen LogP contribution in [0.5, 0.6) is 5.75 Å². The Hall–Kier alpha value is -1.06. The quantitative estimate of drug-likeness (QED) is 0.812. The lowest BCUT2D eigenvalue weighted by atomic mass is 9.97. The van der Waals surface area contributed by atoms with Crippen LogP contribution in [0.2, 0.25) is 0 Å². The van der Waals surface area contributed by atoms with Gasteiger partial charge in [-0.1, -0.05) is 6.07 Å². The summed E-state index contributed by atoms with van der Waals surface area (Å²) < 4.78 is 5.83. The average molecular weight is 276 g/mol. The van der Waals surface area contributed by atoms with Gasteiger partial charge in [-0.3, -0.25) is 0 Å². The number of hydrogen-bond donors (Lipinski definition) is 1. The molecule has 1 aliphatic heterocycles. The number of likely N-dealkylation sites (tertiary alicyclic amines) is 1. The molecule has 1 aliphatic rings. The number of aryl methyl sites for hydroxylation is 2. The molecule has 0 amide bonds. The normalized spacial score (nSPS) is 17.4. The number of hydrogen-bond acceptors (Lipinski definition) is 3. The van der Waals surface area contributed by atoms with Crippen LogP contribution in [0.4, 0.5) is 0 Å². The summed E-state index contributed by atoms with van der Waals surface area (Å²) in [6, 6.07) is 6.32. The zero-order chi connectivity index (χ0) is 14.4. The molecule has 0 bridgehead atoms. The zero-order valence-electron chi connectivity index (χ0n) is 12.9. The van der Waals surface area contributed by atoms with Gasteiger partial charge < -0.3 is 15.4 Å². The van der Waals surface area contributed by atoms with Crippen molar-refractivity contribution in [3.63, 3.8) is 0 Å². The van der Waals surface area contributed by atoms with Crippen molar-refractivity contribution >= 4 is 0 Å². The van der Waals surface area contributed by atoms with E-state index in [1.807, 2.05) is 0 Å². The van der Waals surface area contributed by atoms with E-state index in [0.717, 1.165) is 37.8 Å². The van der Waals surface area contributed by atoms with Gasteiger partial charge in [0.2, 0.25) is 0 Å². The van der Waals surface area contributed by atoms with E-state index in [0.29, 0.717) is 0 Å². The summed E-state index contributed by atoms with van der Waals surface area (Å²) in [5, 5.41) is 0. The molecule has 1 aromatic carbocycles. The number of rotatable bonds is 6. The minimum Gasteiger partial charge on any atom is -0.494 e. The van der Waals surface area contributed by atoms with E-state index >= 15 is 0 Å². The Morgan fingerprint density at radius 2 is 1.95 bits per heavy atom. The first kappa shape index (κ1) is 15.3. The molecule has 1 heterocycles. The highest BCUT2D eigenvalue weighted by Crippen LogP contribution is 2.17. The van der Waals surface area contributed by atoms with Crippen molar-refractivity contribution in [3.05, 3.63) is 29.3 Å². The van der Waals surface area contributed by atoms with E-state index in [2.05, 4.69) is 36.9 Å². The molecule has 0 atom stereocenters. The van der Waals surface area contributed by atoms with Crippen molar-refractivity contribution in [1.29, 1.82) is 0 Å². The Morgan fingerprint density at radius 1 is 1.20 bits per heavy atom. The molecule has 1 fully saturated rings. The van der Waals surface area contributed by atoms with Crippen LogP contribution in [0.15, 0.2) is 18.2 Å². The van der Waals surface area contributed by atoms with Crippen molar-refractivity contribution in [2.75, 3.05) is 32.8 Å². The van der Waals surface area contributed by atoms with E-state index in [4.69, 9.17) is 10.5 Å². The van der Waals surface area contributed by atoms with Gasteiger partial charge in [0.05, 0.1) is 6.61 Å². The molecular formula is C17H28N2O. The fourth-order valence-electron chi connectivity index (χ4n) is 2.73. The molecule has 1 saturated heterocycles. The predicted molar refractivity (Wildman–Crippen MR) is 84.2 cm³/mol. The highest BCUT2D eigenvalue weighted by Gasteiger charge is 2.17. The van der Waals surface area contributed by atoms with Gasteiger partial charge in [0.25, 0.3) is 0 Å². The third-order valence-corrected chi connectivity index (χ3v) is 4.41. The lowest BCUT2D eigenvalue weighted by Crippen LogP contribution is -2.37. The number of benzene rings is 1. The van der Waals surface area contributed by atoms with Gasteiger partial charge >= 0.3 is 0 Å². The van der Waals surface area contributed by atoms with Crippen molar-refractivity contribution in [1.82, 2.24) is 4.90 Å². The van der Waals surface area contributed by atoms with Crippen LogP contribution in [-0.4, -0.2) is 37.7 Å². The maximum absolute atomic E-state index is 5.83. The summed E-state index contributed by atoms with van der Waals surface area (Å²) in [5.74, 6) is 1.74. The van der Waals surface area contributed by atoms with Crippen molar-refractivity contribution in [2.24, 2.45) is 11.7 Å². The molecule has 2 rings (SSSR count). The molecule has 1 aromatic rings. The Balaban J connectivity index is 1.63. The standard InChI is InChI=1S/C17H28N2O/c1-14-4-5-17(12-15(14)2)20-11-3-8-19-9-6-16(13-18)7-10-19/h4-5,12,16H,3,6-11,13,18H2,1-2H3. The second-order valence-electron chi connectivity index (χ2n) is 5.97. The van der Waals surface area contributed by atoms with E-state index in [1.54, 1.807) is 0 Å². The van der Waals surface area contributed by atoms with E-state index in [-0.39, 0.29) is 0 Å². The van der Waals surface area contributed by atoms with Gasteiger partial charge in [0, 0.05) is 6.54 Å². The summed E-state index contributed by atoms with van der Waals surface area (Å²) in [5.41, 5.74) is 8.34. The fourth-order valence-corrected chi connectivity index (χ4v) is 2.73. The lowest BCUT2D eigenvalue weighted by molar-refractivity contribution is 0.173. The van der Waals surface area contributed by atoms with Crippen LogP contribution in [0.25, 0.3) is 0 Å². The van der Waals surface area contributed by atoms with Gasteiger partial charge in [0.15, 0.2) is 0 Å². The third kappa shape index (κ3) is 4.50. The number of piperidine rings is 1. The Labute approximate surface area is 123 Å². The first-order valence-corrected chi connectivity index (χ1v) is 7.81. The molecule has 0 aliphatic carbocycles. The van der Waals surface area contributed by atoms with Crippen LogP contribution in [-0.2, 0) is 0 Å². The van der Waals surface area contributed by atoms with Crippen molar-refractivity contribution in [2.45, 2.75) is 33.1 Å². The van der Waals surface area contributed by atoms with Crippen LogP contribution < -0.4 is 10.5 Å². The zero-order valence-corrected chi connectivity index (χ0v) is 12.9. The van der Waals surface area contributed by atoms with Gasteiger partial charge in [-0.05, 0) is 81.9 Å². The molecule has 2 N–H and O–H groups in total. The summed E-state index contributed by atoms with van der Waals surface area (Å²) >= 11 is 0. The highest BCUT2D eigenvalue weighted by atomic mass is 16.5. The van der Waals surface area contributed by atoms with Gasteiger partial charge in [-0.2, -0.15) is 0 Å². The smallest absolute Gasteiger partial charge is 0.119 e. The molecule has 0 saturated carbocycles. The number of ether oxygens (including phenoxy) is 1. The minimum absolute atomic E-state index is 0.748. The molecule has 3 nitrogen and oxygen atoms in total. The molecule has 0 aromatic heterocycles. The van der Waals surface area contributed by atoms with Crippen LogP contribution in [0.1, 0.15) is 30.4 Å². The van der Waals surface area contributed by atoms with Crippen molar-refractivity contribution in [3.8, 4) is 5.75 Å².